The molecule has 5 heterocycles. The highest BCUT2D eigenvalue weighted by Gasteiger charge is 2.40. The number of hydrogen-bond acceptors (Lipinski definition) is 10. The van der Waals surface area contributed by atoms with Crippen LogP contribution in [0.5, 0.6) is 0 Å². The fourth-order valence-electron chi connectivity index (χ4n) is 7.67. The normalized spacial score (nSPS) is 23.3. The molecule has 0 bridgehead atoms. The lowest BCUT2D eigenvalue weighted by molar-refractivity contribution is -0.115. The van der Waals surface area contributed by atoms with E-state index in [9.17, 15) is 4.79 Å². The number of ether oxygens (including phenoxy) is 1. The Balaban J connectivity index is 1.16. The monoisotopic (exact) mass is 661 g/mol. The number of oxazole rings is 1. The number of fused-ring (bicyclic) bond motifs is 2. The van der Waals surface area contributed by atoms with E-state index in [1.165, 1.54) is 24.4 Å². The maximum absolute atomic E-state index is 12.8. The molecule has 8 rings (SSSR count). The van der Waals surface area contributed by atoms with Crippen LogP contribution in [0, 0.1) is 0 Å². The van der Waals surface area contributed by atoms with E-state index in [4.69, 9.17) is 19.1 Å². The van der Waals surface area contributed by atoms with Crippen LogP contribution in [0.4, 0.5) is 5.95 Å². The van der Waals surface area contributed by atoms with Crippen molar-refractivity contribution in [2.75, 3.05) is 58.7 Å². The van der Waals surface area contributed by atoms with Gasteiger partial charge in [0.05, 0.1) is 30.3 Å². The van der Waals surface area contributed by atoms with E-state index >= 15 is 0 Å². The first-order valence-corrected chi connectivity index (χ1v) is 17.1. The van der Waals surface area contributed by atoms with Crippen LogP contribution in [0.1, 0.15) is 32.2 Å². The van der Waals surface area contributed by atoms with Gasteiger partial charge in [0.2, 0.25) is 17.7 Å². The minimum absolute atomic E-state index is 0.249. The lowest BCUT2D eigenvalue weighted by Crippen LogP contribution is -2.61. The number of aromatic nitrogens is 4. The number of allylic oxidation sites excluding steroid dienone is 1. The largest absolute Gasteiger partial charge is 0.499 e. The summed E-state index contributed by atoms with van der Waals surface area (Å²) in [6.07, 6.45) is 13.3. The first-order chi connectivity index (χ1) is 23.8. The van der Waals surface area contributed by atoms with Crippen LogP contribution >= 0.6 is 0 Å². The van der Waals surface area contributed by atoms with Crippen LogP contribution in [0.15, 0.2) is 89.4 Å². The Morgan fingerprint density at radius 2 is 1.94 bits per heavy atom. The van der Waals surface area contributed by atoms with E-state index in [1.807, 2.05) is 0 Å². The number of piperazine rings is 2. The molecule has 0 spiro atoms. The number of hydrogen-bond donors (Lipinski definition) is 2. The van der Waals surface area contributed by atoms with Crippen molar-refractivity contribution in [1.29, 1.82) is 0 Å². The fourth-order valence-corrected chi connectivity index (χ4v) is 7.67. The highest BCUT2D eigenvalue weighted by Crippen LogP contribution is 2.43. The Hall–Kier alpha value is -4.94. The lowest BCUT2D eigenvalue weighted by atomic mass is 9.87. The van der Waals surface area contributed by atoms with Crippen molar-refractivity contribution >= 4 is 22.8 Å². The van der Waals surface area contributed by atoms with Crippen LogP contribution in [-0.4, -0.2) is 105 Å². The van der Waals surface area contributed by atoms with Crippen molar-refractivity contribution < 1.29 is 13.9 Å². The van der Waals surface area contributed by atoms with Gasteiger partial charge in [0, 0.05) is 98.4 Å². The van der Waals surface area contributed by atoms with E-state index in [0.717, 1.165) is 73.1 Å². The molecule has 12 heteroatoms. The molecule has 1 saturated carbocycles. The van der Waals surface area contributed by atoms with Crippen molar-refractivity contribution in [2.45, 2.75) is 43.8 Å². The zero-order valence-electron chi connectivity index (χ0n) is 28.4. The lowest BCUT2D eigenvalue weighted by Gasteiger charge is -2.48. The van der Waals surface area contributed by atoms with Crippen molar-refractivity contribution in [3.05, 3.63) is 85.0 Å². The zero-order valence-corrected chi connectivity index (χ0v) is 28.4. The summed E-state index contributed by atoms with van der Waals surface area (Å²) >= 11 is 0. The van der Waals surface area contributed by atoms with Gasteiger partial charge in [0.1, 0.15) is 17.6 Å². The summed E-state index contributed by atoms with van der Waals surface area (Å²) < 4.78 is 14.2. The van der Waals surface area contributed by atoms with E-state index < -0.39 is 5.54 Å². The third-order valence-electron chi connectivity index (χ3n) is 10.3. The summed E-state index contributed by atoms with van der Waals surface area (Å²) in [4.78, 5) is 34.5. The Morgan fingerprint density at radius 1 is 1.10 bits per heavy atom. The summed E-state index contributed by atoms with van der Waals surface area (Å²) in [5.74, 6) is 1.36. The number of likely N-dealkylation sites (N-methyl/N-ethyl adjacent to an activating group) is 1. The molecule has 3 aromatic heterocycles. The van der Waals surface area contributed by atoms with Gasteiger partial charge in [-0.25, -0.2) is 15.0 Å². The maximum Gasteiger partial charge on any atom is 0.247 e. The first kappa shape index (κ1) is 31.3. The molecule has 3 fully saturated rings. The highest BCUT2D eigenvalue weighted by molar-refractivity contribution is 5.98. The molecule has 4 aliphatic rings. The van der Waals surface area contributed by atoms with Crippen LogP contribution < -0.4 is 10.6 Å². The SMILES string of the molecule is C=CC(=O)NC1=C(N2CCN3CCN(C)CC3C2)C=C(OC)C(C)(Nc2ncc(-c3ncco3)c(-c3cn(C4CC4)c4ccccc34)n2)C1. The molecule has 2 saturated heterocycles. The average molecular weight is 662 g/mol. The maximum atomic E-state index is 12.8. The number of methoxy groups -OCH3 is 1. The van der Waals surface area contributed by atoms with Crippen molar-refractivity contribution in [3.8, 4) is 22.7 Å². The first-order valence-electron chi connectivity index (χ1n) is 17.1. The molecule has 2 aliphatic carbocycles. The van der Waals surface area contributed by atoms with E-state index in [0.29, 0.717) is 35.9 Å². The predicted molar refractivity (Wildman–Crippen MR) is 188 cm³/mol. The van der Waals surface area contributed by atoms with Gasteiger partial charge in [-0.2, -0.15) is 0 Å². The third-order valence-corrected chi connectivity index (χ3v) is 10.3. The molecule has 0 radical (unpaired) electrons. The predicted octanol–water partition coefficient (Wildman–Crippen LogP) is 4.64. The Labute approximate surface area is 286 Å². The highest BCUT2D eigenvalue weighted by atomic mass is 16.5. The number of anilines is 1. The quantitative estimate of drug-likeness (QED) is 0.246. The van der Waals surface area contributed by atoms with Gasteiger partial charge >= 0.3 is 0 Å². The van der Waals surface area contributed by atoms with E-state index in [-0.39, 0.29) is 5.91 Å². The molecule has 49 heavy (non-hydrogen) atoms. The number of para-hydroxylation sites is 1. The molecule has 4 aromatic rings. The minimum atomic E-state index is -0.779. The summed E-state index contributed by atoms with van der Waals surface area (Å²) in [5, 5.41) is 7.86. The van der Waals surface area contributed by atoms with Crippen molar-refractivity contribution in [2.24, 2.45) is 0 Å². The standard InChI is InChI=1S/C37H43N9O3/c1-5-33(47)40-29-19-37(2,32(48-4)18-31(29)45-16-15-44-14-13-43(3)21-25(44)22-45)42-36-39-20-27(35-38-12-17-49-35)34(41-36)28-23-46(24-10-11-24)30-9-7-6-8-26(28)30/h5-9,12,17-18,20,23-25H,1,10-11,13-16,19,21-22H2,2-4H3,(H,40,47)(H,39,41,42). The van der Waals surface area contributed by atoms with Crippen molar-refractivity contribution in [1.82, 2.24) is 39.5 Å². The molecule has 2 aliphatic heterocycles. The molecular formula is C37H43N9O3. The van der Waals surface area contributed by atoms with Crippen LogP contribution in [-0.2, 0) is 9.53 Å². The smallest absolute Gasteiger partial charge is 0.247 e. The van der Waals surface area contributed by atoms with E-state index in [1.54, 1.807) is 25.8 Å². The molecule has 2 unspecified atom stereocenters. The zero-order chi connectivity index (χ0) is 33.7. The number of benzene rings is 1. The molecule has 12 nitrogen and oxygen atoms in total. The molecular weight excluding hydrogens is 618 g/mol. The second-order valence-electron chi connectivity index (χ2n) is 13.8. The van der Waals surface area contributed by atoms with Crippen LogP contribution in [0.25, 0.3) is 33.6 Å². The molecule has 254 valence electrons. The number of rotatable bonds is 9. The summed E-state index contributed by atoms with van der Waals surface area (Å²) in [5.41, 5.74) is 4.60. The number of nitrogens with zero attached hydrogens (tertiary/aromatic N) is 7. The molecule has 2 N–H and O–H groups in total. The van der Waals surface area contributed by atoms with Crippen LogP contribution in [0.2, 0.25) is 0 Å². The average Bonchev–Trinajstić information content (AvgIpc) is 3.65. The van der Waals surface area contributed by atoms with Crippen LogP contribution in [0.3, 0.4) is 0 Å². The summed E-state index contributed by atoms with van der Waals surface area (Å²) in [6, 6.07) is 9.35. The number of carbonyl (C=O) groups excluding carboxylic acids is 1. The Bertz CT molecular complexity index is 1960. The van der Waals surface area contributed by atoms with Gasteiger partial charge in [-0.05, 0) is 39.0 Å². The van der Waals surface area contributed by atoms with Crippen molar-refractivity contribution in [3.63, 3.8) is 0 Å². The number of carbonyl (C=O) groups is 1. The molecule has 2 atom stereocenters. The second-order valence-corrected chi connectivity index (χ2v) is 13.8. The number of nitrogens with one attached hydrogen (secondary N) is 2. The van der Waals surface area contributed by atoms with Gasteiger partial charge in [-0.15, -0.1) is 0 Å². The number of amides is 1. The minimum Gasteiger partial charge on any atom is -0.499 e. The second kappa shape index (κ2) is 12.5. The van der Waals surface area contributed by atoms with Gasteiger partial charge in [0.15, 0.2) is 0 Å². The van der Waals surface area contributed by atoms with Gasteiger partial charge in [0.25, 0.3) is 0 Å². The van der Waals surface area contributed by atoms with E-state index in [2.05, 4.69) is 92.0 Å². The molecule has 1 aromatic carbocycles. The summed E-state index contributed by atoms with van der Waals surface area (Å²) in [7, 11) is 3.87. The third kappa shape index (κ3) is 5.89. The fraction of sp³-hybridized carbons (Fsp3) is 0.405. The topological polar surface area (TPSA) is 117 Å². The van der Waals surface area contributed by atoms with Gasteiger partial charge in [-0.3, -0.25) is 9.69 Å². The summed E-state index contributed by atoms with van der Waals surface area (Å²) in [6.45, 7) is 11.7. The molecule has 1 amide bonds. The Kier molecular flexibility index (Phi) is 7.99. The van der Waals surface area contributed by atoms with Gasteiger partial charge < -0.3 is 34.2 Å². The Morgan fingerprint density at radius 3 is 2.71 bits per heavy atom. The van der Waals surface area contributed by atoms with Gasteiger partial charge in [-0.1, -0.05) is 24.8 Å².